The van der Waals surface area contributed by atoms with Crippen molar-refractivity contribution in [3.8, 4) is 5.75 Å². The number of carbonyl (C=O) groups is 1. The predicted molar refractivity (Wildman–Crippen MR) is 95.2 cm³/mol. The zero-order valence-corrected chi connectivity index (χ0v) is 14.2. The number of H-pyrrole nitrogens is 1. The molecule has 1 aromatic heterocycles. The minimum atomic E-state index is -1.27. The molecule has 25 heavy (non-hydrogen) atoms. The number of ether oxygens (including phenoxy) is 1. The molecule has 0 fully saturated rings. The fourth-order valence-electron chi connectivity index (χ4n) is 2.71. The number of methoxy groups -OCH3 is 1. The van der Waals surface area contributed by atoms with Gasteiger partial charge in [-0.2, -0.15) is 0 Å². The first-order valence-electron chi connectivity index (χ1n) is 8.19. The van der Waals surface area contributed by atoms with Crippen molar-refractivity contribution in [2.24, 2.45) is 0 Å². The second-order valence-electron chi connectivity index (χ2n) is 5.79. The number of hydrogen-bond acceptors (Lipinski definition) is 4. The Morgan fingerprint density at radius 1 is 1.28 bits per heavy atom. The van der Waals surface area contributed by atoms with Gasteiger partial charge in [-0.25, -0.2) is 4.98 Å². The lowest BCUT2D eigenvalue weighted by atomic mass is 10.1. The van der Waals surface area contributed by atoms with Crippen LogP contribution in [0.25, 0.3) is 11.0 Å². The van der Waals surface area contributed by atoms with Gasteiger partial charge in [-0.05, 0) is 36.2 Å². The number of hydrogen-bond donors (Lipinski definition) is 3. The van der Waals surface area contributed by atoms with E-state index in [0.29, 0.717) is 23.6 Å². The Morgan fingerprint density at radius 3 is 2.80 bits per heavy atom. The molecule has 3 rings (SSSR count). The third kappa shape index (κ3) is 3.64. The molecule has 0 spiro atoms. The first-order chi connectivity index (χ1) is 12.1. The van der Waals surface area contributed by atoms with Crippen molar-refractivity contribution in [2.75, 3.05) is 7.11 Å². The van der Waals surface area contributed by atoms with Gasteiger partial charge >= 0.3 is 0 Å². The van der Waals surface area contributed by atoms with E-state index in [-0.39, 0.29) is 6.04 Å². The molecular formula is C19H21N3O3. The van der Waals surface area contributed by atoms with E-state index in [1.54, 1.807) is 31.4 Å². The van der Waals surface area contributed by atoms with Gasteiger partial charge in [0.25, 0.3) is 5.91 Å². The highest BCUT2D eigenvalue weighted by Gasteiger charge is 2.23. The zero-order valence-electron chi connectivity index (χ0n) is 14.2. The van der Waals surface area contributed by atoms with Gasteiger partial charge < -0.3 is 20.1 Å². The average Bonchev–Trinajstić information content (AvgIpc) is 3.09. The normalized spacial score (nSPS) is 13.4. The molecule has 0 aliphatic heterocycles. The third-order valence-electron chi connectivity index (χ3n) is 4.12. The minimum absolute atomic E-state index is 0.305. The van der Waals surface area contributed by atoms with Gasteiger partial charge in [-0.1, -0.05) is 31.2 Å². The van der Waals surface area contributed by atoms with Crippen molar-refractivity contribution < 1.29 is 14.6 Å². The van der Waals surface area contributed by atoms with Crippen LogP contribution in [0.4, 0.5) is 0 Å². The number of benzene rings is 2. The number of aliphatic hydroxyl groups excluding tert-OH is 1. The molecule has 1 heterocycles. The fraction of sp³-hybridized carbons (Fsp3) is 0.263. The Kier molecular flexibility index (Phi) is 5.00. The number of para-hydroxylation sites is 2. The summed E-state index contributed by atoms with van der Waals surface area (Å²) in [7, 11) is 1.54. The van der Waals surface area contributed by atoms with Crippen LogP contribution in [0.3, 0.4) is 0 Å². The van der Waals surface area contributed by atoms with Crippen molar-refractivity contribution in [3.63, 3.8) is 0 Å². The minimum Gasteiger partial charge on any atom is -0.497 e. The molecule has 0 radical (unpaired) electrons. The largest absolute Gasteiger partial charge is 0.497 e. The zero-order chi connectivity index (χ0) is 17.8. The van der Waals surface area contributed by atoms with Crippen molar-refractivity contribution in [2.45, 2.75) is 25.5 Å². The van der Waals surface area contributed by atoms with Gasteiger partial charge in [0.05, 0.1) is 24.2 Å². The number of nitrogens with zero attached hydrogens (tertiary/aromatic N) is 1. The highest BCUT2D eigenvalue weighted by molar-refractivity contribution is 5.82. The Labute approximate surface area is 145 Å². The highest BCUT2D eigenvalue weighted by atomic mass is 16.5. The number of imidazole rings is 1. The van der Waals surface area contributed by atoms with Crippen LogP contribution < -0.4 is 10.1 Å². The Bertz CT molecular complexity index is 842. The monoisotopic (exact) mass is 339 g/mol. The SMILES string of the molecule is CC[C@@H](NC(=O)[C@@H](O)c1cccc(OC)c1)c1nc2ccccc2[nH]1. The van der Waals surface area contributed by atoms with Gasteiger partial charge in [0.2, 0.25) is 0 Å². The van der Waals surface area contributed by atoms with E-state index in [4.69, 9.17) is 4.74 Å². The molecule has 130 valence electrons. The molecule has 1 amide bonds. The maximum absolute atomic E-state index is 12.5. The molecular weight excluding hydrogens is 318 g/mol. The van der Waals surface area contributed by atoms with Crippen LogP contribution in [0.1, 0.15) is 36.9 Å². The lowest BCUT2D eigenvalue weighted by Gasteiger charge is -2.18. The van der Waals surface area contributed by atoms with E-state index < -0.39 is 12.0 Å². The topological polar surface area (TPSA) is 87.2 Å². The number of aromatic amines is 1. The Hall–Kier alpha value is -2.86. The molecule has 0 saturated carbocycles. The molecule has 2 aromatic carbocycles. The Morgan fingerprint density at radius 2 is 2.08 bits per heavy atom. The molecule has 3 N–H and O–H groups in total. The first-order valence-corrected chi connectivity index (χ1v) is 8.19. The molecule has 6 heteroatoms. The van der Waals surface area contributed by atoms with E-state index in [2.05, 4.69) is 15.3 Å². The summed E-state index contributed by atoms with van der Waals surface area (Å²) in [6.45, 7) is 1.95. The van der Waals surface area contributed by atoms with E-state index in [0.717, 1.165) is 11.0 Å². The summed E-state index contributed by atoms with van der Waals surface area (Å²) in [6, 6.07) is 14.2. The maximum atomic E-state index is 12.5. The van der Waals surface area contributed by atoms with Crippen molar-refractivity contribution in [1.82, 2.24) is 15.3 Å². The lowest BCUT2D eigenvalue weighted by Crippen LogP contribution is -2.33. The van der Waals surface area contributed by atoms with Crippen LogP contribution >= 0.6 is 0 Å². The summed E-state index contributed by atoms with van der Waals surface area (Å²) in [4.78, 5) is 20.2. The van der Waals surface area contributed by atoms with Gasteiger partial charge in [0.1, 0.15) is 11.6 Å². The summed E-state index contributed by atoms with van der Waals surface area (Å²) < 4.78 is 5.13. The summed E-state index contributed by atoms with van der Waals surface area (Å²) in [5.74, 6) is 0.795. The molecule has 2 atom stereocenters. The van der Waals surface area contributed by atoms with Crippen LogP contribution in [0.2, 0.25) is 0 Å². The van der Waals surface area contributed by atoms with Crippen LogP contribution in [-0.2, 0) is 4.79 Å². The van der Waals surface area contributed by atoms with Gasteiger partial charge in [0, 0.05) is 0 Å². The molecule has 0 unspecified atom stereocenters. The quantitative estimate of drug-likeness (QED) is 0.644. The van der Waals surface area contributed by atoms with Crippen molar-refractivity contribution >= 4 is 16.9 Å². The smallest absolute Gasteiger partial charge is 0.254 e. The predicted octanol–water partition coefficient (Wildman–Crippen LogP) is 2.87. The molecule has 0 saturated heterocycles. The van der Waals surface area contributed by atoms with Gasteiger partial charge in [0.15, 0.2) is 6.10 Å². The summed E-state index contributed by atoms with van der Waals surface area (Å²) in [6.07, 6.45) is -0.621. The number of carbonyl (C=O) groups excluding carboxylic acids is 1. The highest BCUT2D eigenvalue weighted by Crippen LogP contribution is 2.22. The van der Waals surface area contributed by atoms with Crippen molar-refractivity contribution in [3.05, 3.63) is 59.9 Å². The van der Waals surface area contributed by atoms with Gasteiger partial charge in [-0.15, -0.1) is 0 Å². The molecule has 3 aromatic rings. The summed E-state index contributed by atoms with van der Waals surface area (Å²) >= 11 is 0. The van der Waals surface area contributed by atoms with Crippen LogP contribution in [0.5, 0.6) is 5.75 Å². The van der Waals surface area contributed by atoms with Gasteiger partial charge in [-0.3, -0.25) is 4.79 Å². The molecule has 0 aliphatic carbocycles. The number of fused-ring (bicyclic) bond motifs is 1. The second kappa shape index (κ2) is 7.36. The second-order valence-corrected chi connectivity index (χ2v) is 5.79. The van der Waals surface area contributed by atoms with E-state index in [9.17, 15) is 9.90 Å². The standard InChI is InChI=1S/C19H21N3O3/c1-3-14(18-20-15-9-4-5-10-16(15)21-18)22-19(24)17(23)12-7-6-8-13(11-12)25-2/h4-11,14,17,23H,3H2,1-2H3,(H,20,21)(H,22,24)/t14-,17+/m1/s1. The van der Waals surface area contributed by atoms with Crippen LogP contribution in [-0.4, -0.2) is 28.1 Å². The Balaban J connectivity index is 1.77. The lowest BCUT2D eigenvalue weighted by molar-refractivity contribution is -0.130. The average molecular weight is 339 g/mol. The number of aliphatic hydroxyl groups is 1. The summed E-state index contributed by atoms with van der Waals surface area (Å²) in [5.41, 5.74) is 2.24. The third-order valence-corrected chi connectivity index (χ3v) is 4.12. The van der Waals surface area contributed by atoms with E-state index >= 15 is 0 Å². The van der Waals surface area contributed by atoms with Crippen LogP contribution in [0, 0.1) is 0 Å². The van der Waals surface area contributed by atoms with E-state index in [1.165, 1.54) is 0 Å². The number of aromatic nitrogens is 2. The number of amides is 1. The molecule has 0 bridgehead atoms. The molecule has 6 nitrogen and oxygen atoms in total. The van der Waals surface area contributed by atoms with Crippen molar-refractivity contribution in [1.29, 1.82) is 0 Å². The maximum Gasteiger partial charge on any atom is 0.254 e. The fourth-order valence-corrected chi connectivity index (χ4v) is 2.71. The first kappa shape index (κ1) is 17.0. The molecule has 0 aliphatic rings. The number of rotatable bonds is 6. The number of nitrogens with one attached hydrogen (secondary N) is 2. The summed E-state index contributed by atoms with van der Waals surface area (Å²) in [5, 5.41) is 13.2. The van der Waals surface area contributed by atoms with Crippen LogP contribution in [0.15, 0.2) is 48.5 Å². The van der Waals surface area contributed by atoms with E-state index in [1.807, 2.05) is 31.2 Å².